The Labute approximate surface area is 209 Å². The molecule has 184 valence electrons. The van der Waals surface area contributed by atoms with Gasteiger partial charge < -0.3 is 14.0 Å². The van der Waals surface area contributed by atoms with Crippen LogP contribution in [0.4, 0.5) is 5.69 Å². The maximum Gasteiger partial charge on any atom is 0.277 e. The highest BCUT2D eigenvalue weighted by Crippen LogP contribution is 2.49. The van der Waals surface area contributed by atoms with Gasteiger partial charge in [0, 0.05) is 28.4 Å². The number of H-pyrrole nitrogens is 1. The molecule has 0 radical (unpaired) electrons. The highest BCUT2D eigenvalue weighted by atomic mass is 16.5. The largest absolute Gasteiger partial charge is 0.493 e. The van der Waals surface area contributed by atoms with Crippen LogP contribution in [0.5, 0.6) is 11.5 Å². The molecule has 1 atom stereocenters. The maximum atomic E-state index is 13.8. The molecular formula is C28H28N4O4. The van der Waals surface area contributed by atoms with E-state index in [2.05, 4.69) is 15.4 Å². The summed E-state index contributed by atoms with van der Waals surface area (Å²) in [6, 6.07) is 15.5. The van der Waals surface area contributed by atoms with Crippen molar-refractivity contribution in [3.8, 4) is 34.0 Å². The van der Waals surface area contributed by atoms with Crippen LogP contribution < -0.4 is 14.4 Å². The monoisotopic (exact) mass is 484 g/mol. The molecule has 1 amide bonds. The Balaban J connectivity index is 1.44. The van der Waals surface area contributed by atoms with Gasteiger partial charge in [0.05, 0.1) is 26.0 Å². The van der Waals surface area contributed by atoms with E-state index in [0.717, 1.165) is 46.6 Å². The molecule has 6 rings (SSSR count). The smallest absolute Gasteiger partial charge is 0.277 e. The van der Waals surface area contributed by atoms with Crippen LogP contribution in [0.2, 0.25) is 0 Å². The van der Waals surface area contributed by atoms with E-state index < -0.39 is 0 Å². The van der Waals surface area contributed by atoms with Gasteiger partial charge in [0.2, 0.25) is 0 Å². The van der Waals surface area contributed by atoms with Crippen LogP contribution in [0.3, 0.4) is 0 Å². The number of nitrogens with zero attached hydrogens (tertiary/aromatic N) is 3. The minimum atomic E-state index is -0.0902. The van der Waals surface area contributed by atoms with Gasteiger partial charge in [-0.3, -0.25) is 14.8 Å². The van der Waals surface area contributed by atoms with Crippen LogP contribution >= 0.6 is 0 Å². The van der Waals surface area contributed by atoms with Gasteiger partial charge >= 0.3 is 0 Å². The average molecular weight is 485 g/mol. The number of hydrogen-bond acceptors (Lipinski definition) is 6. The number of ether oxygens (including phenoxy) is 2. The summed E-state index contributed by atoms with van der Waals surface area (Å²) >= 11 is 0. The van der Waals surface area contributed by atoms with Gasteiger partial charge in [-0.1, -0.05) is 36.6 Å². The van der Waals surface area contributed by atoms with E-state index in [4.69, 9.17) is 14.0 Å². The summed E-state index contributed by atoms with van der Waals surface area (Å²) in [6.45, 7) is 0. The predicted molar refractivity (Wildman–Crippen MR) is 135 cm³/mol. The Bertz CT molecular complexity index is 1370. The number of methoxy groups -OCH3 is 2. The number of carbonyl (C=O) groups is 1. The number of hydrogen-bond donors (Lipinski definition) is 1. The van der Waals surface area contributed by atoms with Crippen molar-refractivity contribution in [2.45, 2.75) is 38.1 Å². The van der Waals surface area contributed by atoms with Crippen molar-refractivity contribution < 1.29 is 18.8 Å². The minimum Gasteiger partial charge on any atom is -0.493 e. The van der Waals surface area contributed by atoms with Gasteiger partial charge in [-0.15, -0.1) is 0 Å². The van der Waals surface area contributed by atoms with Crippen molar-refractivity contribution in [2.75, 3.05) is 19.1 Å². The number of aromatic nitrogens is 3. The summed E-state index contributed by atoms with van der Waals surface area (Å²) in [7, 11) is 3.24. The fourth-order valence-corrected chi connectivity index (χ4v) is 5.71. The second-order valence-electron chi connectivity index (χ2n) is 9.38. The van der Waals surface area contributed by atoms with Crippen molar-refractivity contribution in [1.29, 1.82) is 0 Å². The molecule has 0 bridgehead atoms. The van der Waals surface area contributed by atoms with Crippen molar-refractivity contribution in [3.63, 3.8) is 0 Å². The minimum absolute atomic E-state index is 0.0472. The first-order valence-corrected chi connectivity index (χ1v) is 12.3. The summed E-state index contributed by atoms with van der Waals surface area (Å²) in [4.78, 5) is 15.8. The average Bonchev–Trinajstić information content (AvgIpc) is 3.67. The van der Waals surface area contributed by atoms with Crippen molar-refractivity contribution >= 4 is 11.6 Å². The van der Waals surface area contributed by atoms with Crippen LogP contribution in [0.15, 0.2) is 59.3 Å². The van der Waals surface area contributed by atoms with Gasteiger partial charge in [-0.2, -0.15) is 5.10 Å². The number of fused-ring (bicyclic) bond motifs is 1. The number of rotatable bonds is 6. The Kier molecular flexibility index (Phi) is 5.71. The zero-order chi connectivity index (χ0) is 24.6. The molecule has 3 heterocycles. The molecule has 1 unspecified atom stereocenters. The lowest BCUT2D eigenvalue weighted by atomic mass is 9.80. The summed E-state index contributed by atoms with van der Waals surface area (Å²) in [5, 5.41) is 11.7. The Morgan fingerprint density at radius 1 is 0.944 bits per heavy atom. The number of nitrogens with one attached hydrogen (secondary N) is 1. The number of anilines is 1. The zero-order valence-electron chi connectivity index (χ0n) is 20.4. The van der Waals surface area contributed by atoms with Crippen LogP contribution in [-0.2, 0) is 0 Å². The lowest BCUT2D eigenvalue weighted by Gasteiger charge is -2.35. The first kappa shape index (κ1) is 22.4. The third kappa shape index (κ3) is 3.64. The molecule has 8 nitrogen and oxygen atoms in total. The summed E-state index contributed by atoms with van der Waals surface area (Å²) in [6.07, 6.45) is 7.31. The normalized spacial score (nSPS) is 17.9. The summed E-state index contributed by atoms with van der Waals surface area (Å²) < 4.78 is 15.9. The Hall–Kier alpha value is -4.07. The highest BCUT2D eigenvalue weighted by Gasteiger charge is 2.46. The number of amides is 1. The highest BCUT2D eigenvalue weighted by molar-refractivity contribution is 6.11. The van der Waals surface area contributed by atoms with E-state index in [1.807, 2.05) is 53.4 Å². The molecular weight excluding hydrogens is 456 g/mol. The molecule has 1 N–H and O–H groups in total. The maximum absolute atomic E-state index is 13.8. The fraction of sp³-hybridized carbons (Fsp3) is 0.321. The molecule has 1 fully saturated rings. The van der Waals surface area contributed by atoms with Gasteiger partial charge in [-0.25, -0.2) is 0 Å². The quantitative estimate of drug-likeness (QED) is 0.359. The van der Waals surface area contributed by atoms with E-state index in [9.17, 15) is 4.79 Å². The van der Waals surface area contributed by atoms with Crippen LogP contribution in [0.25, 0.3) is 22.5 Å². The first-order chi connectivity index (χ1) is 17.7. The van der Waals surface area contributed by atoms with E-state index in [1.165, 1.54) is 19.3 Å². The molecule has 0 saturated heterocycles. The standard InChI is InChI=1S/C28H28N4O4/c1-34-22-13-10-19(16-23(22)35-2)25-24-26(30-29-25)28(33)32(27(24)18-6-4-3-5-7-18)20-11-8-17(9-12-20)21-14-15-36-31-21/h8-16,18,27H,3-7H2,1-2H3,(H,29,30). The van der Waals surface area contributed by atoms with Crippen molar-refractivity contribution in [1.82, 2.24) is 15.4 Å². The third-order valence-electron chi connectivity index (χ3n) is 7.44. The third-order valence-corrected chi connectivity index (χ3v) is 7.44. The van der Waals surface area contributed by atoms with E-state index in [1.54, 1.807) is 20.5 Å². The molecule has 4 aromatic rings. The van der Waals surface area contributed by atoms with Gasteiger partial charge in [0.15, 0.2) is 11.5 Å². The van der Waals surface area contributed by atoms with E-state index in [0.29, 0.717) is 23.1 Å². The molecule has 36 heavy (non-hydrogen) atoms. The van der Waals surface area contributed by atoms with Crippen LogP contribution in [-0.4, -0.2) is 35.5 Å². The van der Waals surface area contributed by atoms with Crippen LogP contribution in [0, 0.1) is 5.92 Å². The molecule has 1 aliphatic heterocycles. The predicted octanol–water partition coefficient (Wildman–Crippen LogP) is 6.03. The molecule has 2 aromatic carbocycles. The van der Waals surface area contributed by atoms with Gasteiger partial charge in [0.25, 0.3) is 5.91 Å². The molecule has 2 aromatic heterocycles. The lowest BCUT2D eigenvalue weighted by molar-refractivity contribution is 0.0977. The van der Waals surface area contributed by atoms with Crippen molar-refractivity contribution in [2.24, 2.45) is 5.92 Å². The Morgan fingerprint density at radius 2 is 1.69 bits per heavy atom. The molecule has 0 spiro atoms. The molecule has 1 aliphatic carbocycles. The number of benzene rings is 2. The van der Waals surface area contributed by atoms with Gasteiger partial charge in [-0.05, 0) is 49.1 Å². The number of aromatic amines is 1. The second-order valence-corrected chi connectivity index (χ2v) is 9.38. The fourth-order valence-electron chi connectivity index (χ4n) is 5.71. The zero-order valence-corrected chi connectivity index (χ0v) is 20.4. The second kappa shape index (κ2) is 9.18. The SMILES string of the molecule is COc1ccc(-c2n[nH]c3c2C(C2CCCCC2)N(c2ccc(-c4ccon4)cc2)C3=O)cc1OC. The van der Waals surface area contributed by atoms with Gasteiger partial charge in [0.1, 0.15) is 17.7 Å². The molecule has 2 aliphatic rings. The van der Waals surface area contributed by atoms with E-state index >= 15 is 0 Å². The molecule has 8 heteroatoms. The molecule has 1 saturated carbocycles. The first-order valence-electron chi connectivity index (χ1n) is 12.3. The van der Waals surface area contributed by atoms with Crippen LogP contribution in [0.1, 0.15) is 54.2 Å². The summed E-state index contributed by atoms with van der Waals surface area (Å²) in [5.74, 6) is 1.59. The Morgan fingerprint density at radius 3 is 2.39 bits per heavy atom. The lowest BCUT2D eigenvalue weighted by Crippen LogP contribution is -2.33. The topological polar surface area (TPSA) is 93.5 Å². The number of carbonyl (C=O) groups excluding carboxylic acids is 1. The van der Waals surface area contributed by atoms with E-state index in [-0.39, 0.29) is 11.9 Å². The van der Waals surface area contributed by atoms with Crippen molar-refractivity contribution in [3.05, 3.63) is 66.1 Å². The summed E-state index contributed by atoms with van der Waals surface area (Å²) in [5.41, 5.74) is 5.79.